The fourth-order valence-electron chi connectivity index (χ4n) is 2.02. The Balaban J connectivity index is 0.000000367. The van der Waals surface area contributed by atoms with Gasteiger partial charge in [0.1, 0.15) is 0 Å². The first kappa shape index (κ1) is 14.1. The molecule has 18 heavy (non-hydrogen) atoms. The summed E-state index contributed by atoms with van der Waals surface area (Å²) in [5.41, 5.74) is 5.27. The van der Waals surface area contributed by atoms with E-state index in [9.17, 15) is 0 Å². The fourth-order valence-corrected chi connectivity index (χ4v) is 2.02. The van der Waals surface area contributed by atoms with Crippen LogP contribution in [0.4, 0.5) is 0 Å². The number of benzene rings is 2. The van der Waals surface area contributed by atoms with Crippen LogP contribution < -0.4 is 0 Å². The number of fused-ring (bicyclic) bond motifs is 1. The van der Waals surface area contributed by atoms with E-state index in [2.05, 4.69) is 67.1 Å². The first-order valence-corrected chi connectivity index (χ1v) is 11.9. The van der Waals surface area contributed by atoms with Crippen LogP contribution in [0.25, 0.3) is 5.57 Å². The van der Waals surface area contributed by atoms with Crippen LogP contribution in [0.1, 0.15) is 16.7 Å². The molecule has 89 valence electrons. The second kappa shape index (κ2) is 7.29. The van der Waals surface area contributed by atoms with Gasteiger partial charge >= 0.3 is 37.9 Å². The average Bonchev–Trinajstić information content (AvgIpc) is 2.84. The van der Waals surface area contributed by atoms with E-state index in [4.69, 9.17) is 17.0 Å². The molecule has 1 aliphatic rings. The van der Waals surface area contributed by atoms with Crippen molar-refractivity contribution in [2.24, 2.45) is 0 Å². The van der Waals surface area contributed by atoms with Gasteiger partial charge in [0.05, 0.1) is 0 Å². The van der Waals surface area contributed by atoms with E-state index in [0.717, 1.165) is 0 Å². The molecule has 0 saturated heterocycles. The van der Waals surface area contributed by atoms with Crippen molar-refractivity contribution < 1.29 is 20.8 Å². The summed E-state index contributed by atoms with van der Waals surface area (Å²) in [6, 6.07) is 19.0. The number of allylic oxidation sites excluding steroid dienone is 1. The summed E-state index contributed by atoms with van der Waals surface area (Å²) in [6.07, 6.45) is 4.37. The Morgan fingerprint density at radius 3 is 2.11 bits per heavy atom. The van der Waals surface area contributed by atoms with Gasteiger partial charge in [-0.1, -0.05) is 60.7 Å². The van der Waals surface area contributed by atoms with Gasteiger partial charge in [-0.05, 0) is 22.3 Å². The molecule has 3 heteroatoms. The molecule has 0 nitrogen and oxygen atoms in total. The van der Waals surface area contributed by atoms with Crippen molar-refractivity contribution in [3.8, 4) is 0 Å². The summed E-state index contributed by atoms with van der Waals surface area (Å²) < 4.78 is 0. The van der Waals surface area contributed by atoms with E-state index in [1.807, 2.05) is 0 Å². The molecule has 0 N–H and O–H groups in total. The Morgan fingerprint density at radius 2 is 1.39 bits per heavy atom. The van der Waals surface area contributed by atoms with E-state index in [1.165, 1.54) is 22.3 Å². The van der Waals surface area contributed by atoms with Crippen LogP contribution in [0.15, 0.2) is 60.7 Å². The second-order valence-electron chi connectivity index (χ2n) is 3.77. The van der Waals surface area contributed by atoms with Crippen molar-refractivity contribution in [1.82, 2.24) is 0 Å². The molecular weight excluding hydrogens is 342 g/mol. The van der Waals surface area contributed by atoms with Gasteiger partial charge in [0, 0.05) is 6.42 Å². The summed E-state index contributed by atoms with van der Waals surface area (Å²) in [6.45, 7) is 0. The van der Waals surface area contributed by atoms with Crippen LogP contribution >= 0.6 is 17.0 Å². The van der Waals surface area contributed by atoms with Crippen LogP contribution in [0.2, 0.25) is 0 Å². The van der Waals surface area contributed by atoms with Crippen molar-refractivity contribution >= 4 is 22.6 Å². The van der Waals surface area contributed by atoms with Crippen LogP contribution in [-0.2, 0) is 20.8 Å². The number of hydrogen-bond acceptors (Lipinski definition) is 0. The van der Waals surface area contributed by atoms with Gasteiger partial charge in [-0.2, -0.15) is 0 Å². The minimum atomic E-state index is -0.826. The van der Waals surface area contributed by atoms with Crippen molar-refractivity contribution in [2.75, 3.05) is 0 Å². The van der Waals surface area contributed by atoms with E-state index in [0.29, 0.717) is 0 Å². The molecule has 2 aromatic rings. The number of halogens is 2. The summed E-state index contributed by atoms with van der Waals surface area (Å²) >= 11 is -0.826. The Hall–Kier alpha value is -0.357. The Kier molecular flexibility index (Phi) is 5.69. The molecule has 1 aliphatic carbocycles. The van der Waals surface area contributed by atoms with Crippen molar-refractivity contribution in [1.29, 1.82) is 0 Å². The minimum absolute atomic E-state index is 0.826. The molecule has 0 spiro atoms. The molecule has 2 aromatic carbocycles. The van der Waals surface area contributed by atoms with Crippen LogP contribution in [0.3, 0.4) is 0 Å². The van der Waals surface area contributed by atoms with Gasteiger partial charge < -0.3 is 0 Å². The average molecular weight is 353 g/mol. The van der Waals surface area contributed by atoms with E-state index >= 15 is 0 Å². The quantitative estimate of drug-likeness (QED) is 0.672. The summed E-state index contributed by atoms with van der Waals surface area (Å²) in [5, 5.41) is 0. The summed E-state index contributed by atoms with van der Waals surface area (Å²) in [4.78, 5) is 0. The molecular formula is C15H11Cl2Zr. The molecule has 0 aliphatic heterocycles. The maximum atomic E-state index is 4.93. The SMILES string of the molecule is [CH]1C=C(c2ccccc2)c2ccccc21.[Cl][Zr][Cl]. The van der Waals surface area contributed by atoms with Gasteiger partial charge in [0.2, 0.25) is 0 Å². The molecule has 0 aromatic heterocycles. The van der Waals surface area contributed by atoms with Gasteiger partial charge in [-0.25, -0.2) is 0 Å². The van der Waals surface area contributed by atoms with Crippen molar-refractivity contribution in [2.45, 2.75) is 0 Å². The zero-order chi connectivity index (χ0) is 12.8. The third-order valence-electron chi connectivity index (χ3n) is 2.77. The van der Waals surface area contributed by atoms with Gasteiger partial charge in [-0.3, -0.25) is 0 Å². The third-order valence-corrected chi connectivity index (χ3v) is 2.77. The molecule has 0 amide bonds. The topological polar surface area (TPSA) is 0 Å². The summed E-state index contributed by atoms with van der Waals surface area (Å²) in [7, 11) is 9.87. The molecule has 0 atom stereocenters. The molecule has 1 radical (unpaired) electrons. The molecule has 3 rings (SSSR count). The maximum absolute atomic E-state index is 4.93. The van der Waals surface area contributed by atoms with Crippen LogP contribution in [-0.4, -0.2) is 0 Å². The predicted octanol–water partition coefficient (Wildman–Crippen LogP) is 5.06. The van der Waals surface area contributed by atoms with Crippen molar-refractivity contribution in [3.05, 3.63) is 83.8 Å². The van der Waals surface area contributed by atoms with Gasteiger partial charge in [0.25, 0.3) is 0 Å². The first-order chi connectivity index (χ1) is 8.86. The zero-order valence-corrected chi connectivity index (χ0v) is 13.6. The molecule has 0 unspecified atom stereocenters. The first-order valence-electron chi connectivity index (χ1n) is 5.53. The molecule has 0 heterocycles. The zero-order valence-electron chi connectivity index (χ0n) is 9.61. The van der Waals surface area contributed by atoms with E-state index in [-0.39, 0.29) is 0 Å². The van der Waals surface area contributed by atoms with Crippen LogP contribution in [0, 0.1) is 6.42 Å². The van der Waals surface area contributed by atoms with Gasteiger partial charge in [0.15, 0.2) is 0 Å². The Bertz CT molecular complexity index is 535. The fraction of sp³-hybridized carbons (Fsp3) is 0. The van der Waals surface area contributed by atoms with Gasteiger partial charge in [-0.15, -0.1) is 0 Å². The standard InChI is InChI=1S/C15H11.2ClH.Zr/c1-2-6-12(7-3-1)15-11-10-13-8-4-5-9-14(13)15;;;/h1-11H;2*1H;/q;;;+2/p-2. The Labute approximate surface area is 126 Å². The number of rotatable bonds is 1. The normalized spacial score (nSPS) is 12.0. The Morgan fingerprint density at radius 1 is 0.778 bits per heavy atom. The summed E-state index contributed by atoms with van der Waals surface area (Å²) in [5.74, 6) is 0. The molecule has 0 saturated carbocycles. The second-order valence-corrected chi connectivity index (χ2v) is 7.50. The molecule has 0 fully saturated rings. The number of hydrogen-bond donors (Lipinski definition) is 0. The third kappa shape index (κ3) is 3.35. The van der Waals surface area contributed by atoms with Crippen LogP contribution in [0.5, 0.6) is 0 Å². The van der Waals surface area contributed by atoms with Crippen molar-refractivity contribution in [3.63, 3.8) is 0 Å². The van der Waals surface area contributed by atoms with E-state index < -0.39 is 20.8 Å². The van der Waals surface area contributed by atoms with E-state index in [1.54, 1.807) is 0 Å². The predicted molar refractivity (Wildman–Crippen MR) is 75.1 cm³/mol. The monoisotopic (exact) mass is 351 g/mol. The molecule has 0 bridgehead atoms.